The number of thioether (sulfide) groups is 1. The van der Waals surface area contributed by atoms with Crippen LogP contribution >= 0.6 is 23.4 Å². The van der Waals surface area contributed by atoms with E-state index in [1.165, 1.54) is 11.8 Å². The third-order valence-electron chi connectivity index (χ3n) is 4.60. The lowest BCUT2D eigenvalue weighted by atomic mass is 10.0. The van der Waals surface area contributed by atoms with Crippen LogP contribution in [0.15, 0.2) is 59.1 Å². The minimum Gasteiger partial charge on any atom is -0.443 e. The van der Waals surface area contributed by atoms with E-state index in [9.17, 15) is 9.59 Å². The summed E-state index contributed by atoms with van der Waals surface area (Å²) in [5, 5.41) is 2.08. The van der Waals surface area contributed by atoms with Crippen molar-refractivity contribution in [1.29, 1.82) is 0 Å². The van der Waals surface area contributed by atoms with Crippen LogP contribution in [-0.4, -0.2) is 22.5 Å². The number of fused-ring (bicyclic) bond motifs is 3. The first-order chi connectivity index (χ1) is 13.8. The number of ether oxygens (including phenoxy) is 1. The van der Waals surface area contributed by atoms with Crippen molar-refractivity contribution in [2.45, 2.75) is 36.6 Å². The molecule has 1 aliphatic rings. The molecule has 2 aromatic carbocycles. The highest BCUT2D eigenvalue weighted by Crippen LogP contribution is 2.49. The predicted octanol–water partition coefficient (Wildman–Crippen LogP) is 6.51. The zero-order chi connectivity index (χ0) is 20.8. The molecule has 0 amide bonds. The summed E-state index contributed by atoms with van der Waals surface area (Å²) in [6.45, 7) is 5.53. The Morgan fingerprint density at radius 2 is 1.83 bits per heavy atom. The van der Waals surface area contributed by atoms with Crippen molar-refractivity contribution in [3.8, 4) is 0 Å². The van der Waals surface area contributed by atoms with E-state index in [1.807, 2.05) is 63.2 Å². The van der Waals surface area contributed by atoms with Crippen LogP contribution in [-0.2, 0) is 9.53 Å². The Labute approximate surface area is 178 Å². The lowest BCUT2D eigenvalue weighted by molar-refractivity contribution is -0.104. The molecular weight excluding hydrogens is 406 g/mol. The van der Waals surface area contributed by atoms with Crippen molar-refractivity contribution in [1.82, 2.24) is 4.57 Å². The Bertz CT molecular complexity index is 1140. The number of benzene rings is 2. The van der Waals surface area contributed by atoms with Crippen LogP contribution in [0, 0.1) is 0 Å². The van der Waals surface area contributed by atoms with E-state index in [0.717, 1.165) is 33.3 Å². The number of aldehydes is 1. The summed E-state index contributed by atoms with van der Waals surface area (Å²) in [5.74, 6) is 0. The molecule has 4 nitrogen and oxygen atoms in total. The van der Waals surface area contributed by atoms with E-state index in [1.54, 1.807) is 16.7 Å². The van der Waals surface area contributed by atoms with Crippen LogP contribution < -0.4 is 0 Å². The first kappa shape index (κ1) is 19.8. The normalized spacial score (nSPS) is 16.3. The van der Waals surface area contributed by atoms with E-state index in [0.29, 0.717) is 10.6 Å². The van der Waals surface area contributed by atoms with Gasteiger partial charge in [0.15, 0.2) is 0 Å². The molecule has 1 atom stereocenters. The minimum atomic E-state index is -0.617. The number of para-hydroxylation sites is 1. The van der Waals surface area contributed by atoms with Crippen molar-refractivity contribution >= 4 is 52.7 Å². The highest BCUT2D eigenvalue weighted by molar-refractivity contribution is 7.99. The van der Waals surface area contributed by atoms with Crippen LogP contribution in [0.4, 0.5) is 4.79 Å². The smallest absolute Gasteiger partial charge is 0.419 e. The molecule has 0 saturated carbocycles. The van der Waals surface area contributed by atoms with Gasteiger partial charge in [-0.2, -0.15) is 0 Å². The molecular formula is C23H20ClNO3S. The standard InChI is InChI=1S/C23H20ClNO3S/c1-23(2,3)28-22(27)25-19-7-5-4-6-17(19)18-12-15(13-26)20(29-21(18)25)14-8-10-16(24)11-9-14/h4-13,20H,1-3H3/t20-/m1/s1. The lowest BCUT2D eigenvalue weighted by Crippen LogP contribution is -2.27. The van der Waals surface area contributed by atoms with Gasteiger partial charge in [-0.1, -0.05) is 53.7 Å². The largest absolute Gasteiger partial charge is 0.443 e. The second kappa shape index (κ2) is 7.39. The number of hydrogen-bond donors (Lipinski definition) is 0. The first-order valence-electron chi connectivity index (χ1n) is 9.24. The molecule has 4 rings (SSSR count). The number of hydrogen-bond acceptors (Lipinski definition) is 4. The van der Waals surface area contributed by atoms with Gasteiger partial charge < -0.3 is 4.74 Å². The minimum absolute atomic E-state index is 0.234. The molecule has 3 aromatic rings. The molecule has 1 aliphatic heterocycles. The first-order valence-corrected chi connectivity index (χ1v) is 10.5. The van der Waals surface area contributed by atoms with Crippen molar-refractivity contribution in [3.63, 3.8) is 0 Å². The second-order valence-corrected chi connectivity index (χ2v) is 9.39. The fourth-order valence-electron chi connectivity index (χ4n) is 3.40. The molecule has 0 aliphatic carbocycles. The van der Waals surface area contributed by atoms with Gasteiger partial charge >= 0.3 is 6.09 Å². The van der Waals surface area contributed by atoms with Gasteiger partial charge in [0.25, 0.3) is 0 Å². The molecule has 0 bridgehead atoms. The number of halogens is 1. The summed E-state index contributed by atoms with van der Waals surface area (Å²) in [6.07, 6.45) is 2.33. The molecule has 2 heterocycles. The molecule has 0 saturated heterocycles. The molecule has 1 aromatic heterocycles. The summed E-state index contributed by atoms with van der Waals surface area (Å²) in [4.78, 5) is 24.9. The Kier molecular flexibility index (Phi) is 5.05. The number of nitrogens with zero attached hydrogens (tertiary/aromatic N) is 1. The fraction of sp³-hybridized carbons (Fsp3) is 0.217. The Morgan fingerprint density at radius 1 is 1.14 bits per heavy atom. The molecule has 29 heavy (non-hydrogen) atoms. The molecule has 148 valence electrons. The van der Waals surface area contributed by atoms with Gasteiger partial charge in [0.1, 0.15) is 11.9 Å². The number of rotatable bonds is 2. The quantitative estimate of drug-likeness (QED) is 0.439. The van der Waals surface area contributed by atoms with Crippen LogP contribution in [0.5, 0.6) is 0 Å². The average molecular weight is 426 g/mol. The maximum absolute atomic E-state index is 13.1. The monoisotopic (exact) mass is 425 g/mol. The van der Waals surface area contributed by atoms with Crippen molar-refractivity contribution in [2.75, 3.05) is 0 Å². The van der Waals surface area contributed by atoms with Gasteiger partial charge in [-0.3, -0.25) is 4.79 Å². The molecule has 6 heteroatoms. The van der Waals surface area contributed by atoms with Gasteiger partial charge in [-0.05, 0) is 50.6 Å². The Balaban J connectivity index is 1.90. The summed E-state index contributed by atoms with van der Waals surface area (Å²) in [5.41, 5.74) is 2.61. The highest BCUT2D eigenvalue weighted by atomic mass is 35.5. The Hall–Kier alpha value is -2.50. The zero-order valence-corrected chi connectivity index (χ0v) is 17.9. The van der Waals surface area contributed by atoms with E-state index in [4.69, 9.17) is 16.3 Å². The molecule has 0 fully saturated rings. The van der Waals surface area contributed by atoms with E-state index in [2.05, 4.69) is 0 Å². The van der Waals surface area contributed by atoms with Crippen LogP contribution in [0.25, 0.3) is 17.0 Å². The van der Waals surface area contributed by atoms with Gasteiger partial charge in [-0.15, -0.1) is 0 Å². The van der Waals surface area contributed by atoms with Crippen LogP contribution in [0.2, 0.25) is 5.02 Å². The van der Waals surface area contributed by atoms with E-state index in [-0.39, 0.29) is 5.25 Å². The summed E-state index contributed by atoms with van der Waals surface area (Å²) in [6, 6.07) is 15.1. The van der Waals surface area contributed by atoms with Crippen LogP contribution in [0.3, 0.4) is 0 Å². The Morgan fingerprint density at radius 3 is 2.48 bits per heavy atom. The average Bonchev–Trinajstić information content (AvgIpc) is 3.00. The predicted molar refractivity (Wildman–Crippen MR) is 118 cm³/mol. The van der Waals surface area contributed by atoms with Gasteiger partial charge in [0.2, 0.25) is 0 Å². The van der Waals surface area contributed by atoms with Gasteiger partial charge in [0, 0.05) is 21.5 Å². The maximum atomic E-state index is 13.1. The summed E-state index contributed by atoms with van der Waals surface area (Å²) >= 11 is 7.50. The van der Waals surface area contributed by atoms with E-state index >= 15 is 0 Å². The molecule has 0 spiro atoms. The van der Waals surface area contributed by atoms with Crippen molar-refractivity contribution in [3.05, 3.63) is 70.3 Å². The lowest BCUT2D eigenvalue weighted by Gasteiger charge is -2.24. The van der Waals surface area contributed by atoms with Gasteiger partial charge in [0.05, 0.1) is 15.8 Å². The molecule has 0 radical (unpaired) electrons. The van der Waals surface area contributed by atoms with Crippen LogP contribution in [0.1, 0.15) is 37.1 Å². The van der Waals surface area contributed by atoms with Crippen molar-refractivity contribution in [2.24, 2.45) is 0 Å². The SMILES string of the molecule is CC(C)(C)OC(=O)n1c2c(c3ccccc31)C=C(C=O)[C@@H](c1ccc(Cl)cc1)S2. The third kappa shape index (κ3) is 3.72. The second-order valence-electron chi connectivity index (χ2n) is 7.86. The summed E-state index contributed by atoms with van der Waals surface area (Å²) in [7, 11) is 0. The molecule has 0 unspecified atom stereocenters. The number of carbonyl (C=O) groups is 2. The van der Waals surface area contributed by atoms with Gasteiger partial charge in [-0.25, -0.2) is 9.36 Å². The number of aromatic nitrogens is 1. The fourth-order valence-corrected chi connectivity index (χ4v) is 4.88. The topological polar surface area (TPSA) is 48.3 Å². The number of carbonyl (C=O) groups excluding carboxylic acids is 2. The maximum Gasteiger partial charge on any atom is 0.419 e. The van der Waals surface area contributed by atoms with Crippen molar-refractivity contribution < 1.29 is 14.3 Å². The van der Waals surface area contributed by atoms with E-state index < -0.39 is 11.7 Å². The highest BCUT2D eigenvalue weighted by Gasteiger charge is 2.32. The molecule has 0 N–H and O–H groups in total. The zero-order valence-electron chi connectivity index (χ0n) is 16.3. The third-order valence-corrected chi connectivity index (χ3v) is 6.25. The summed E-state index contributed by atoms with van der Waals surface area (Å²) < 4.78 is 7.28.